The number of hydrogen-bond donors (Lipinski definition) is 0. The van der Waals surface area contributed by atoms with E-state index in [0.29, 0.717) is 20.9 Å². The highest BCUT2D eigenvalue weighted by molar-refractivity contribution is 7.17. The molecule has 0 aliphatic carbocycles. The van der Waals surface area contributed by atoms with E-state index < -0.39 is 11.2 Å². The first-order valence-electron chi connectivity index (χ1n) is 8.78. The number of halogens is 1. The van der Waals surface area contributed by atoms with Crippen LogP contribution in [0.3, 0.4) is 0 Å². The summed E-state index contributed by atoms with van der Waals surface area (Å²) >= 11 is 7.28. The Balaban J connectivity index is 1.85. The summed E-state index contributed by atoms with van der Waals surface area (Å²) < 4.78 is 2.79. The summed E-state index contributed by atoms with van der Waals surface area (Å²) in [6.07, 6.45) is 0. The van der Waals surface area contributed by atoms with E-state index in [4.69, 9.17) is 11.6 Å². The van der Waals surface area contributed by atoms with E-state index in [0.717, 1.165) is 10.3 Å². The lowest BCUT2D eigenvalue weighted by molar-refractivity contribution is -0.118. The van der Waals surface area contributed by atoms with Gasteiger partial charge in [0.1, 0.15) is 11.2 Å². The molecule has 0 atom stereocenters. The van der Waals surface area contributed by atoms with Gasteiger partial charge in [0.15, 0.2) is 0 Å². The van der Waals surface area contributed by atoms with Gasteiger partial charge in [-0.1, -0.05) is 35.9 Å². The van der Waals surface area contributed by atoms with Crippen molar-refractivity contribution < 1.29 is 4.79 Å². The van der Waals surface area contributed by atoms with Gasteiger partial charge in [0.25, 0.3) is 5.56 Å². The summed E-state index contributed by atoms with van der Waals surface area (Å²) in [5, 5.41) is 2.14. The van der Waals surface area contributed by atoms with Crippen LogP contribution in [0.4, 0.5) is 5.69 Å². The molecule has 0 radical (unpaired) electrons. The maximum absolute atomic E-state index is 13.2. The topological polar surface area (TPSA) is 64.3 Å². The monoisotopic (exact) mass is 425 g/mol. The minimum absolute atomic E-state index is 0.196. The van der Waals surface area contributed by atoms with Gasteiger partial charge in [-0.05, 0) is 41.8 Å². The lowest BCUT2D eigenvalue weighted by atomic mass is 10.3. The molecule has 29 heavy (non-hydrogen) atoms. The predicted molar refractivity (Wildman–Crippen MR) is 117 cm³/mol. The van der Waals surface area contributed by atoms with Crippen molar-refractivity contribution in [2.24, 2.45) is 0 Å². The number of thiophene rings is 1. The first-order valence-corrected chi connectivity index (χ1v) is 10.0. The third-order valence-electron chi connectivity index (χ3n) is 4.63. The zero-order chi connectivity index (χ0) is 20.5. The molecule has 2 aromatic carbocycles. The van der Waals surface area contributed by atoms with Gasteiger partial charge in [0.2, 0.25) is 5.91 Å². The molecule has 0 N–H and O–H groups in total. The molecule has 2 aromatic heterocycles. The summed E-state index contributed by atoms with van der Waals surface area (Å²) in [5.41, 5.74) is 0.508. The number of hydrogen-bond acceptors (Lipinski definition) is 4. The van der Waals surface area contributed by atoms with E-state index in [9.17, 15) is 14.4 Å². The van der Waals surface area contributed by atoms with E-state index in [2.05, 4.69) is 0 Å². The van der Waals surface area contributed by atoms with Crippen molar-refractivity contribution in [3.05, 3.63) is 91.9 Å². The van der Waals surface area contributed by atoms with Crippen LogP contribution in [0.25, 0.3) is 15.9 Å². The number of carbonyl (C=O) groups is 1. The minimum atomic E-state index is -0.585. The van der Waals surface area contributed by atoms with Crippen LogP contribution in [-0.2, 0) is 11.3 Å². The fraction of sp³-hybridized carbons (Fsp3) is 0.0952. The number of fused-ring (bicyclic) bond motifs is 1. The Bertz CT molecular complexity index is 1320. The number of benzene rings is 2. The van der Waals surface area contributed by atoms with Crippen molar-refractivity contribution in [3.8, 4) is 5.69 Å². The highest BCUT2D eigenvalue weighted by Crippen LogP contribution is 2.19. The molecule has 146 valence electrons. The quantitative estimate of drug-likeness (QED) is 0.502. The van der Waals surface area contributed by atoms with Gasteiger partial charge in [0, 0.05) is 17.8 Å². The molecule has 6 nitrogen and oxygen atoms in total. The van der Waals surface area contributed by atoms with Crippen molar-refractivity contribution in [2.45, 2.75) is 6.54 Å². The van der Waals surface area contributed by atoms with Crippen LogP contribution < -0.4 is 16.1 Å². The summed E-state index contributed by atoms with van der Waals surface area (Å²) in [6, 6.07) is 17.4. The molecule has 1 amide bonds. The fourth-order valence-electron chi connectivity index (χ4n) is 3.12. The summed E-state index contributed by atoms with van der Waals surface area (Å²) in [7, 11) is 1.65. The van der Waals surface area contributed by atoms with Gasteiger partial charge in [0.05, 0.1) is 11.2 Å². The van der Waals surface area contributed by atoms with E-state index in [1.54, 1.807) is 42.8 Å². The summed E-state index contributed by atoms with van der Waals surface area (Å²) in [4.78, 5) is 40.5. The lowest BCUT2D eigenvalue weighted by Crippen LogP contribution is -2.41. The van der Waals surface area contributed by atoms with Crippen LogP contribution in [0.15, 0.2) is 75.6 Å². The van der Waals surface area contributed by atoms with Crippen molar-refractivity contribution in [2.75, 3.05) is 11.9 Å². The van der Waals surface area contributed by atoms with Crippen LogP contribution >= 0.6 is 22.9 Å². The standard InChI is InChI=1S/C21H16ClN3O3S/c1-23(15-7-3-2-4-8-15)18(26)13-24-17-10-11-29-19(17)20(27)25(21(24)28)16-9-5-6-14(22)12-16/h2-12H,13H2,1H3. The summed E-state index contributed by atoms with van der Waals surface area (Å²) in [5.74, 6) is -0.276. The first kappa shape index (κ1) is 19.2. The second-order valence-electron chi connectivity index (χ2n) is 6.41. The van der Waals surface area contributed by atoms with E-state index >= 15 is 0 Å². The Morgan fingerprint density at radius 2 is 1.83 bits per heavy atom. The highest BCUT2D eigenvalue weighted by Gasteiger charge is 2.19. The number of likely N-dealkylation sites (N-methyl/N-ethyl adjacent to an activating group) is 1. The number of rotatable bonds is 4. The minimum Gasteiger partial charge on any atom is -0.314 e. The second kappa shape index (κ2) is 7.69. The number of nitrogens with zero attached hydrogens (tertiary/aromatic N) is 3. The molecular formula is C21H16ClN3O3S. The maximum atomic E-state index is 13.2. The maximum Gasteiger partial charge on any atom is 0.336 e. The van der Waals surface area contributed by atoms with Crippen molar-refractivity contribution in [3.63, 3.8) is 0 Å². The van der Waals surface area contributed by atoms with Crippen LogP contribution in [0.5, 0.6) is 0 Å². The molecule has 8 heteroatoms. The number of anilines is 1. The van der Waals surface area contributed by atoms with Gasteiger partial charge in [-0.3, -0.25) is 14.2 Å². The smallest absolute Gasteiger partial charge is 0.314 e. The zero-order valence-electron chi connectivity index (χ0n) is 15.4. The number of para-hydroxylation sites is 1. The number of amides is 1. The third kappa shape index (κ3) is 3.50. The summed E-state index contributed by atoms with van der Waals surface area (Å²) in [6.45, 7) is -0.196. The SMILES string of the molecule is CN(C(=O)Cn1c(=O)n(-c2cccc(Cl)c2)c(=O)c2sccc21)c1ccccc1. The third-order valence-corrected chi connectivity index (χ3v) is 5.76. The number of aromatic nitrogens is 2. The molecule has 0 saturated carbocycles. The highest BCUT2D eigenvalue weighted by atomic mass is 35.5. The Hall–Kier alpha value is -3.16. The zero-order valence-corrected chi connectivity index (χ0v) is 17.0. The Kier molecular flexibility index (Phi) is 5.08. The molecule has 0 saturated heterocycles. The molecule has 4 aromatic rings. The fourth-order valence-corrected chi connectivity index (χ4v) is 4.13. The van der Waals surface area contributed by atoms with Gasteiger partial charge >= 0.3 is 5.69 Å². The molecule has 0 spiro atoms. The largest absolute Gasteiger partial charge is 0.336 e. The molecule has 0 bridgehead atoms. The molecule has 0 fully saturated rings. The Morgan fingerprint density at radius 1 is 1.07 bits per heavy atom. The van der Waals surface area contributed by atoms with Gasteiger partial charge < -0.3 is 4.90 Å². The average molecular weight is 426 g/mol. The number of carbonyl (C=O) groups excluding carboxylic acids is 1. The van der Waals surface area contributed by atoms with E-state index in [1.165, 1.54) is 20.8 Å². The Morgan fingerprint density at radius 3 is 2.55 bits per heavy atom. The lowest BCUT2D eigenvalue weighted by Gasteiger charge is -2.19. The van der Waals surface area contributed by atoms with E-state index in [1.807, 2.05) is 30.3 Å². The van der Waals surface area contributed by atoms with Gasteiger partial charge in [-0.15, -0.1) is 11.3 Å². The molecule has 4 rings (SSSR count). The molecule has 0 aliphatic rings. The molecule has 0 aliphatic heterocycles. The van der Waals surface area contributed by atoms with Crippen LogP contribution in [0.1, 0.15) is 0 Å². The van der Waals surface area contributed by atoms with Crippen LogP contribution in [-0.4, -0.2) is 22.1 Å². The van der Waals surface area contributed by atoms with Crippen LogP contribution in [0, 0.1) is 0 Å². The van der Waals surface area contributed by atoms with Crippen molar-refractivity contribution >= 4 is 44.7 Å². The average Bonchev–Trinajstić information content (AvgIpc) is 3.21. The molecule has 2 heterocycles. The predicted octanol–water partition coefficient (Wildman–Crippen LogP) is 3.53. The van der Waals surface area contributed by atoms with Crippen molar-refractivity contribution in [1.29, 1.82) is 0 Å². The first-order chi connectivity index (χ1) is 14.0. The Labute approximate surface area is 174 Å². The van der Waals surface area contributed by atoms with Crippen LogP contribution in [0.2, 0.25) is 5.02 Å². The normalized spacial score (nSPS) is 11.0. The van der Waals surface area contributed by atoms with Gasteiger partial charge in [-0.25, -0.2) is 9.36 Å². The van der Waals surface area contributed by atoms with Gasteiger partial charge in [-0.2, -0.15) is 0 Å². The molecule has 0 unspecified atom stereocenters. The van der Waals surface area contributed by atoms with Crippen molar-refractivity contribution in [1.82, 2.24) is 9.13 Å². The van der Waals surface area contributed by atoms with E-state index in [-0.39, 0.29) is 12.5 Å². The second-order valence-corrected chi connectivity index (χ2v) is 7.76. The molecular weight excluding hydrogens is 410 g/mol.